The van der Waals surface area contributed by atoms with E-state index in [1.807, 2.05) is 0 Å². The van der Waals surface area contributed by atoms with Gasteiger partial charge in [-0.2, -0.15) is 0 Å². The molecule has 1 unspecified atom stereocenters. The predicted molar refractivity (Wildman–Crippen MR) is 61.0 cm³/mol. The Bertz CT molecular complexity index is 256. The molecule has 1 amide bonds. The van der Waals surface area contributed by atoms with Crippen molar-refractivity contribution in [1.29, 1.82) is 0 Å². The van der Waals surface area contributed by atoms with E-state index in [4.69, 9.17) is 0 Å². The highest BCUT2D eigenvalue weighted by Crippen LogP contribution is 2.32. The summed E-state index contributed by atoms with van der Waals surface area (Å²) in [5, 5.41) is 0. The van der Waals surface area contributed by atoms with Gasteiger partial charge in [0.25, 0.3) is 5.91 Å². The highest BCUT2D eigenvalue weighted by atomic mass is 16.1. The maximum absolute atomic E-state index is 11.7. The lowest BCUT2D eigenvalue weighted by molar-refractivity contribution is -0.125. The molecule has 3 nitrogen and oxygen atoms in total. The van der Waals surface area contributed by atoms with E-state index in [0.29, 0.717) is 5.92 Å². The van der Waals surface area contributed by atoms with Crippen LogP contribution in [0.5, 0.6) is 0 Å². The summed E-state index contributed by atoms with van der Waals surface area (Å²) in [6, 6.07) is 0.0127. The third kappa shape index (κ3) is 2.28. The first kappa shape index (κ1) is 10.8. The Morgan fingerprint density at radius 2 is 2.00 bits per heavy atom. The van der Waals surface area contributed by atoms with E-state index in [-0.39, 0.29) is 11.9 Å². The molecule has 84 valence electrons. The molecule has 3 saturated heterocycles. The number of aliphatic imine (C=N–C) groups is 1. The molecule has 0 aromatic rings. The quantitative estimate of drug-likeness (QED) is 0.615. The van der Waals surface area contributed by atoms with Crippen molar-refractivity contribution in [2.24, 2.45) is 16.8 Å². The molecule has 0 radical (unpaired) electrons. The van der Waals surface area contributed by atoms with Crippen LogP contribution >= 0.6 is 0 Å². The molecule has 2 bridgehead atoms. The third-order valence-corrected chi connectivity index (χ3v) is 3.89. The van der Waals surface area contributed by atoms with Gasteiger partial charge in [0.15, 0.2) is 0 Å². The van der Waals surface area contributed by atoms with Crippen molar-refractivity contribution in [1.82, 2.24) is 4.90 Å². The van der Waals surface area contributed by atoms with Crippen molar-refractivity contribution in [2.45, 2.75) is 38.6 Å². The number of carbonyl (C=O) groups excluding carboxylic acids is 1. The van der Waals surface area contributed by atoms with E-state index in [1.165, 1.54) is 19.3 Å². The molecule has 3 heteroatoms. The normalized spacial score (nSPS) is 40.6. The lowest BCUT2D eigenvalue weighted by atomic mass is 9.81. The van der Waals surface area contributed by atoms with Crippen molar-refractivity contribution in [3.63, 3.8) is 0 Å². The van der Waals surface area contributed by atoms with Crippen molar-refractivity contribution < 1.29 is 4.79 Å². The Kier molecular flexibility index (Phi) is 3.19. The number of rotatable bonds is 1. The van der Waals surface area contributed by atoms with Crippen LogP contribution in [-0.2, 0) is 4.79 Å². The second-order valence-corrected chi connectivity index (χ2v) is 5.07. The lowest BCUT2D eigenvalue weighted by Gasteiger charge is -2.41. The van der Waals surface area contributed by atoms with Gasteiger partial charge in [-0.05, 0) is 57.3 Å². The van der Waals surface area contributed by atoms with Crippen LogP contribution in [0.3, 0.4) is 0 Å². The summed E-state index contributed by atoms with van der Waals surface area (Å²) in [6.45, 7) is 7.77. The van der Waals surface area contributed by atoms with E-state index in [2.05, 4.69) is 23.5 Å². The summed E-state index contributed by atoms with van der Waals surface area (Å²) in [5.74, 6) is 1.51. The van der Waals surface area contributed by atoms with E-state index < -0.39 is 0 Å². The van der Waals surface area contributed by atoms with Gasteiger partial charge in [-0.3, -0.25) is 9.69 Å². The first-order valence-corrected chi connectivity index (χ1v) is 5.95. The fourth-order valence-corrected chi connectivity index (χ4v) is 3.06. The van der Waals surface area contributed by atoms with Crippen LogP contribution in [0.1, 0.15) is 32.6 Å². The number of fused-ring (bicyclic) bond motifs is 5. The van der Waals surface area contributed by atoms with Gasteiger partial charge >= 0.3 is 0 Å². The van der Waals surface area contributed by atoms with E-state index in [9.17, 15) is 4.79 Å². The minimum absolute atomic E-state index is 0.0127. The molecule has 3 fully saturated rings. The highest BCUT2D eigenvalue weighted by Gasteiger charge is 2.34. The Morgan fingerprint density at radius 1 is 1.33 bits per heavy atom. The summed E-state index contributed by atoms with van der Waals surface area (Å²) in [5.41, 5.74) is 0. The molecule has 3 rings (SSSR count). The zero-order chi connectivity index (χ0) is 10.8. The Morgan fingerprint density at radius 3 is 2.60 bits per heavy atom. The van der Waals surface area contributed by atoms with Gasteiger partial charge in [0.05, 0.1) is 6.04 Å². The molecule has 0 aromatic heterocycles. The van der Waals surface area contributed by atoms with Crippen LogP contribution in [0.4, 0.5) is 0 Å². The maximum atomic E-state index is 11.7. The van der Waals surface area contributed by atoms with Gasteiger partial charge < -0.3 is 0 Å². The molecular formula is C12H20N2O. The minimum atomic E-state index is -0.0257. The molecular weight excluding hydrogens is 188 g/mol. The van der Waals surface area contributed by atoms with Gasteiger partial charge in [-0.15, -0.1) is 0 Å². The van der Waals surface area contributed by atoms with Gasteiger partial charge in [0.2, 0.25) is 0 Å². The SMILES string of the molecule is C=NC(=O)C1C[C@H](C)CC2CCN1CC2. The molecule has 0 aliphatic carbocycles. The monoisotopic (exact) mass is 208 g/mol. The lowest BCUT2D eigenvalue weighted by Crippen LogP contribution is -2.48. The number of amides is 1. The van der Waals surface area contributed by atoms with Crippen molar-refractivity contribution in [3.8, 4) is 0 Å². The Labute approximate surface area is 91.6 Å². The number of hydrogen-bond acceptors (Lipinski definition) is 2. The third-order valence-electron chi connectivity index (χ3n) is 3.89. The van der Waals surface area contributed by atoms with Crippen LogP contribution in [0.25, 0.3) is 0 Å². The number of nitrogens with zero attached hydrogens (tertiary/aromatic N) is 2. The summed E-state index contributed by atoms with van der Waals surface area (Å²) >= 11 is 0. The van der Waals surface area contributed by atoms with Crippen LogP contribution in [-0.4, -0.2) is 36.7 Å². The van der Waals surface area contributed by atoms with Gasteiger partial charge in [0, 0.05) is 0 Å². The van der Waals surface area contributed by atoms with E-state index >= 15 is 0 Å². The first-order chi connectivity index (χ1) is 7.20. The average Bonchev–Trinajstić information content (AvgIpc) is 2.23. The fraction of sp³-hybridized carbons (Fsp3) is 0.833. The minimum Gasteiger partial charge on any atom is -0.292 e. The summed E-state index contributed by atoms with van der Waals surface area (Å²) in [4.78, 5) is 17.6. The molecule has 0 spiro atoms. The Balaban J connectivity index is 2.13. The van der Waals surface area contributed by atoms with Crippen LogP contribution in [0.2, 0.25) is 0 Å². The number of carbonyl (C=O) groups is 1. The number of hydrogen-bond donors (Lipinski definition) is 0. The van der Waals surface area contributed by atoms with Crippen LogP contribution < -0.4 is 0 Å². The summed E-state index contributed by atoms with van der Waals surface area (Å²) < 4.78 is 0. The zero-order valence-electron chi connectivity index (χ0n) is 9.48. The second-order valence-electron chi connectivity index (χ2n) is 5.07. The maximum Gasteiger partial charge on any atom is 0.262 e. The van der Waals surface area contributed by atoms with Crippen LogP contribution in [0, 0.1) is 11.8 Å². The molecule has 0 saturated carbocycles. The first-order valence-electron chi connectivity index (χ1n) is 5.95. The number of piperidine rings is 1. The van der Waals surface area contributed by atoms with Crippen molar-refractivity contribution in [3.05, 3.63) is 0 Å². The highest BCUT2D eigenvalue weighted by molar-refractivity contribution is 5.85. The van der Waals surface area contributed by atoms with Gasteiger partial charge in [-0.25, -0.2) is 4.99 Å². The average molecular weight is 208 g/mol. The smallest absolute Gasteiger partial charge is 0.262 e. The topological polar surface area (TPSA) is 32.7 Å². The molecule has 3 aliphatic heterocycles. The van der Waals surface area contributed by atoms with Gasteiger partial charge in [-0.1, -0.05) is 6.92 Å². The molecule has 0 N–H and O–H groups in total. The molecule has 2 atom stereocenters. The second kappa shape index (κ2) is 4.44. The molecule has 3 aliphatic rings. The largest absolute Gasteiger partial charge is 0.292 e. The molecule has 3 heterocycles. The Hall–Kier alpha value is -0.700. The fourth-order valence-electron chi connectivity index (χ4n) is 3.06. The zero-order valence-corrected chi connectivity index (χ0v) is 9.48. The van der Waals surface area contributed by atoms with E-state index in [1.54, 1.807) is 0 Å². The standard InChI is InChI=1S/C12H20N2O/c1-9-7-10-3-5-14(6-4-10)11(8-9)12(15)13-2/h9-11H,2-8H2,1H3/t9-,11?/m1/s1. The predicted octanol–water partition coefficient (Wildman–Crippen LogP) is 1.72. The molecule has 0 aromatic carbocycles. The molecule has 15 heavy (non-hydrogen) atoms. The van der Waals surface area contributed by atoms with Crippen LogP contribution in [0.15, 0.2) is 4.99 Å². The summed E-state index contributed by atoms with van der Waals surface area (Å²) in [7, 11) is 0. The summed E-state index contributed by atoms with van der Waals surface area (Å²) in [6.07, 6.45) is 4.76. The van der Waals surface area contributed by atoms with E-state index in [0.717, 1.165) is 25.4 Å². The van der Waals surface area contributed by atoms with Crippen molar-refractivity contribution in [2.75, 3.05) is 13.1 Å². The van der Waals surface area contributed by atoms with Gasteiger partial charge in [0.1, 0.15) is 0 Å². The van der Waals surface area contributed by atoms with Crippen molar-refractivity contribution >= 4 is 12.6 Å².